The van der Waals surface area contributed by atoms with Gasteiger partial charge in [0.2, 0.25) is 5.89 Å². The Bertz CT molecular complexity index is 476. The highest BCUT2D eigenvalue weighted by Crippen LogP contribution is 1.96. The molecule has 8 nitrogen and oxygen atoms in total. The van der Waals surface area contributed by atoms with Crippen LogP contribution in [-0.2, 0) is 11.3 Å². The van der Waals surface area contributed by atoms with Gasteiger partial charge in [0, 0.05) is 0 Å². The minimum absolute atomic E-state index is 0.0142. The van der Waals surface area contributed by atoms with Crippen LogP contribution in [0.5, 0.6) is 0 Å². The van der Waals surface area contributed by atoms with Crippen molar-refractivity contribution in [2.24, 2.45) is 0 Å². The number of rotatable bonds is 5. The van der Waals surface area contributed by atoms with Gasteiger partial charge in [-0.25, -0.2) is 4.79 Å². The van der Waals surface area contributed by atoms with Gasteiger partial charge >= 0.3 is 12.0 Å². The third-order valence-electron chi connectivity index (χ3n) is 1.86. The first-order chi connectivity index (χ1) is 8.52. The molecule has 0 radical (unpaired) electrons. The molecule has 0 saturated heterocycles. The number of amides is 2. The van der Waals surface area contributed by atoms with Gasteiger partial charge < -0.3 is 19.8 Å². The van der Waals surface area contributed by atoms with E-state index < -0.39 is 18.5 Å². The molecule has 1 aromatic heterocycles. The predicted molar refractivity (Wildman–Crippen MR) is 59.3 cm³/mol. The first-order valence-corrected chi connectivity index (χ1v) is 5.00. The Labute approximate surface area is 103 Å². The van der Waals surface area contributed by atoms with E-state index in [4.69, 9.17) is 16.1 Å². The molecule has 96 valence electrons. The molecule has 8 heteroatoms. The summed E-state index contributed by atoms with van der Waals surface area (Å²) in [7, 11) is 0. The van der Waals surface area contributed by atoms with Gasteiger partial charge in [-0.1, -0.05) is 11.1 Å². The molecule has 0 saturated carbocycles. The lowest BCUT2D eigenvalue weighted by Crippen LogP contribution is -2.42. The Morgan fingerprint density at radius 1 is 1.61 bits per heavy atom. The van der Waals surface area contributed by atoms with Gasteiger partial charge in [0.05, 0.1) is 13.1 Å². The molecule has 1 heterocycles. The SMILES string of the molecule is C#CCN(CC(=O)O)C(=O)NCc1nc(C)no1. The van der Waals surface area contributed by atoms with Gasteiger partial charge in [-0.15, -0.1) is 6.42 Å². The number of hydrogen-bond acceptors (Lipinski definition) is 5. The van der Waals surface area contributed by atoms with Crippen molar-refractivity contribution in [3.63, 3.8) is 0 Å². The normalized spacial score (nSPS) is 9.56. The lowest BCUT2D eigenvalue weighted by molar-refractivity contribution is -0.137. The van der Waals surface area contributed by atoms with E-state index in [1.54, 1.807) is 6.92 Å². The highest BCUT2D eigenvalue weighted by atomic mass is 16.5. The predicted octanol–water partition coefficient (Wildman–Crippen LogP) is -0.393. The van der Waals surface area contributed by atoms with E-state index in [2.05, 4.69) is 21.4 Å². The van der Waals surface area contributed by atoms with Crippen LogP contribution in [0.1, 0.15) is 11.7 Å². The number of hydrogen-bond donors (Lipinski definition) is 2. The van der Waals surface area contributed by atoms with Gasteiger partial charge in [0.25, 0.3) is 0 Å². The quantitative estimate of drug-likeness (QED) is 0.691. The van der Waals surface area contributed by atoms with E-state index >= 15 is 0 Å². The van der Waals surface area contributed by atoms with Crippen LogP contribution in [-0.4, -0.2) is 45.2 Å². The zero-order valence-electron chi connectivity index (χ0n) is 9.71. The van der Waals surface area contributed by atoms with Crippen LogP contribution < -0.4 is 5.32 Å². The maximum absolute atomic E-state index is 11.6. The summed E-state index contributed by atoms with van der Waals surface area (Å²) in [5.41, 5.74) is 0. The molecule has 0 aliphatic carbocycles. The zero-order chi connectivity index (χ0) is 13.5. The number of carbonyl (C=O) groups excluding carboxylic acids is 1. The molecule has 0 aromatic carbocycles. The molecule has 2 N–H and O–H groups in total. The zero-order valence-corrected chi connectivity index (χ0v) is 9.71. The summed E-state index contributed by atoms with van der Waals surface area (Å²) in [5.74, 6) is 1.74. The molecular weight excluding hydrogens is 240 g/mol. The highest BCUT2D eigenvalue weighted by molar-refractivity contribution is 5.80. The number of aryl methyl sites for hydroxylation is 1. The Kier molecular flexibility index (Phi) is 4.68. The monoisotopic (exact) mass is 252 g/mol. The van der Waals surface area contributed by atoms with Gasteiger partial charge in [-0.3, -0.25) is 4.79 Å². The molecule has 0 bridgehead atoms. The van der Waals surface area contributed by atoms with Gasteiger partial charge in [-0.05, 0) is 6.92 Å². The molecule has 1 rings (SSSR count). The third-order valence-corrected chi connectivity index (χ3v) is 1.86. The number of urea groups is 1. The van der Waals surface area contributed by atoms with Crippen LogP contribution in [0.15, 0.2) is 4.52 Å². The maximum atomic E-state index is 11.6. The van der Waals surface area contributed by atoms with Crippen molar-refractivity contribution in [2.45, 2.75) is 13.5 Å². The summed E-state index contributed by atoms with van der Waals surface area (Å²) < 4.78 is 4.78. The lowest BCUT2D eigenvalue weighted by atomic mass is 10.5. The number of aliphatic carboxylic acids is 1. The fraction of sp³-hybridized carbons (Fsp3) is 0.400. The first kappa shape index (κ1) is 13.5. The fourth-order valence-corrected chi connectivity index (χ4v) is 1.15. The average Bonchev–Trinajstić information content (AvgIpc) is 2.71. The van der Waals surface area contributed by atoms with E-state index in [9.17, 15) is 9.59 Å². The minimum atomic E-state index is -1.14. The fourth-order valence-electron chi connectivity index (χ4n) is 1.15. The molecule has 0 unspecified atom stereocenters. The summed E-state index contributed by atoms with van der Waals surface area (Å²) in [5, 5.41) is 14.6. The van der Waals surface area contributed by atoms with Crippen LogP contribution in [0.2, 0.25) is 0 Å². The maximum Gasteiger partial charge on any atom is 0.323 e. The molecule has 0 atom stereocenters. The molecule has 18 heavy (non-hydrogen) atoms. The summed E-state index contributed by atoms with van der Waals surface area (Å²) >= 11 is 0. The van der Waals surface area contributed by atoms with Crippen molar-refractivity contribution >= 4 is 12.0 Å². The van der Waals surface area contributed by atoms with Crippen LogP contribution >= 0.6 is 0 Å². The van der Waals surface area contributed by atoms with Crippen molar-refractivity contribution < 1.29 is 19.2 Å². The number of nitrogens with one attached hydrogen (secondary N) is 1. The van der Waals surface area contributed by atoms with Gasteiger partial charge in [-0.2, -0.15) is 4.98 Å². The van der Waals surface area contributed by atoms with Crippen LogP contribution in [0.3, 0.4) is 0 Å². The third kappa shape index (κ3) is 4.13. The molecule has 0 spiro atoms. The summed E-state index contributed by atoms with van der Waals surface area (Å²) in [4.78, 5) is 27.0. The van der Waals surface area contributed by atoms with E-state index in [0.717, 1.165) is 4.90 Å². The number of carboxylic acid groups (broad SMARTS) is 1. The van der Waals surface area contributed by atoms with Gasteiger partial charge in [0.1, 0.15) is 6.54 Å². The van der Waals surface area contributed by atoms with Crippen molar-refractivity contribution in [3.05, 3.63) is 11.7 Å². The number of aromatic nitrogens is 2. The van der Waals surface area contributed by atoms with E-state index in [1.807, 2.05) is 0 Å². The molecular formula is C10H12N4O4. The molecule has 0 fully saturated rings. The average molecular weight is 252 g/mol. The summed E-state index contributed by atoms with van der Waals surface area (Å²) in [6.07, 6.45) is 5.05. The second-order valence-corrected chi connectivity index (χ2v) is 3.35. The van der Waals surface area contributed by atoms with Crippen LogP contribution in [0.25, 0.3) is 0 Å². The van der Waals surface area contributed by atoms with Gasteiger partial charge in [0.15, 0.2) is 5.82 Å². The van der Waals surface area contributed by atoms with E-state index in [1.165, 1.54) is 0 Å². The highest BCUT2D eigenvalue weighted by Gasteiger charge is 2.16. The molecule has 0 aliphatic rings. The van der Waals surface area contributed by atoms with Crippen LogP contribution in [0, 0.1) is 19.3 Å². The Hall–Kier alpha value is -2.56. The summed E-state index contributed by atoms with van der Waals surface area (Å²) in [6.45, 7) is 1.09. The summed E-state index contributed by atoms with van der Waals surface area (Å²) in [6, 6.07) is -0.605. The number of carbonyl (C=O) groups is 2. The van der Waals surface area contributed by atoms with Crippen molar-refractivity contribution in [1.82, 2.24) is 20.4 Å². The Morgan fingerprint density at radius 3 is 2.83 bits per heavy atom. The number of carboxylic acids is 1. The van der Waals surface area contributed by atoms with Crippen LogP contribution in [0.4, 0.5) is 4.79 Å². The molecule has 0 aliphatic heterocycles. The minimum Gasteiger partial charge on any atom is -0.480 e. The van der Waals surface area contributed by atoms with E-state index in [0.29, 0.717) is 5.82 Å². The Morgan fingerprint density at radius 2 is 2.33 bits per heavy atom. The Balaban J connectivity index is 2.51. The topological polar surface area (TPSA) is 109 Å². The lowest BCUT2D eigenvalue weighted by Gasteiger charge is -2.17. The van der Waals surface area contributed by atoms with Crippen molar-refractivity contribution in [1.29, 1.82) is 0 Å². The molecule has 2 amide bonds. The number of terminal acetylenes is 1. The standard InChI is InChI=1S/C10H12N4O4/c1-3-4-14(6-9(15)16)10(17)11-5-8-12-7(2)13-18-8/h1H,4-6H2,2H3,(H,11,17)(H,15,16). The van der Waals surface area contributed by atoms with E-state index in [-0.39, 0.29) is 19.0 Å². The second kappa shape index (κ2) is 6.24. The first-order valence-electron chi connectivity index (χ1n) is 5.00. The second-order valence-electron chi connectivity index (χ2n) is 3.35. The smallest absolute Gasteiger partial charge is 0.323 e. The number of nitrogens with zero attached hydrogens (tertiary/aromatic N) is 3. The largest absolute Gasteiger partial charge is 0.480 e. The van der Waals surface area contributed by atoms with Crippen molar-refractivity contribution in [2.75, 3.05) is 13.1 Å². The van der Waals surface area contributed by atoms with Crippen molar-refractivity contribution in [3.8, 4) is 12.3 Å². The molecule has 1 aromatic rings.